The summed E-state index contributed by atoms with van der Waals surface area (Å²) < 4.78 is 5.02. The average molecular weight is 496 g/mol. The van der Waals surface area contributed by atoms with Gasteiger partial charge in [0.15, 0.2) is 0 Å². The van der Waals surface area contributed by atoms with E-state index in [0.29, 0.717) is 0 Å². The predicted octanol–water partition coefficient (Wildman–Crippen LogP) is 10.7. The fourth-order valence-corrected chi connectivity index (χ4v) is 5.46. The van der Waals surface area contributed by atoms with Gasteiger partial charge in [0.2, 0.25) is 0 Å². The molecular formula is C34H59N2+. The molecule has 0 saturated carbocycles. The molecule has 1 heterocycles. The van der Waals surface area contributed by atoms with Gasteiger partial charge in [0, 0.05) is 0 Å². The molecule has 0 saturated heterocycles. The van der Waals surface area contributed by atoms with E-state index in [-0.39, 0.29) is 0 Å². The fraction of sp³-hybridized carbons (Fsp3) is 0.735. The number of benzene rings is 1. The Hall–Kier alpha value is -1.57. The maximum Gasteiger partial charge on any atom is 0.288 e. The molecule has 1 aromatic heterocycles. The van der Waals surface area contributed by atoms with Crippen LogP contribution in [0.4, 0.5) is 0 Å². The Kier molecular flexibility index (Phi) is 18.3. The van der Waals surface area contributed by atoms with Crippen molar-refractivity contribution >= 4 is 0 Å². The maximum absolute atomic E-state index is 2.51. The van der Waals surface area contributed by atoms with Crippen LogP contribution in [0.15, 0.2) is 42.7 Å². The lowest BCUT2D eigenvalue weighted by Gasteiger charge is -2.07. The van der Waals surface area contributed by atoms with Gasteiger partial charge in [-0.3, -0.25) is 0 Å². The maximum atomic E-state index is 2.51. The molecule has 0 N–H and O–H groups in total. The first kappa shape index (κ1) is 30.7. The molecule has 0 radical (unpaired) electrons. The highest BCUT2D eigenvalue weighted by Gasteiger charge is 2.18. The fourth-order valence-electron chi connectivity index (χ4n) is 5.46. The van der Waals surface area contributed by atoms with Gasteiger partial charge in [0.05, 0.1) is 18.7 Å². The topological polar surface area (TPSA) is 8.81 Å². The first-order valence-corrected chi connectivity index (χ1v) is 16.0. The third kappa shape index (κ3) is 13.7. The molecule has 0 unspecified atom stereocenters. The Balaban J connectivity index is 1.66. The van der Waals surface area contributed by atoms with Crippen molar-refractivity contribution in [1.29, 1.82) is 0 Å². The minimum absolute atomic E-state index is 1.14. The number of unbranched alkanes of at least 4 members (excludes halogenated alkanes) is 19. The smallest absolute Gasteiger partial charge is 0.230 e. The highest BCUT2D eigenvalue weighted by atomic mass is 15.1. The summed E-state index contributed by atoms with van der Waals surface area (Å²) in [5.74, 6) is 1.40. The van der Waals surface area contributed by atoms with Crippen LogP contribution in [0.2, 0.25) is 0 Å². The normalized spacial score (nSPS) is 11.4. The lowest BCUT2D eigenvalue weighted by Crippen LogP contribution is -2.34. The standard InChI is InChI=1S/C34H59N2/c1-3-5-7-9-11-13-14-15-17-19-21-26-30-36-32-31-35(34(36)33-27-23-22-24-28-33)29-25-20-18-16-12-10-8-6-4-2/h22-24,27-28,31-32H,3-21,25-26,29-30H2,1-2H3/q+1. The highest BCUT2D eigenvalue weighted by Crippen LogP contribution is 2.18. The van der Waals surface area contributed by atoms with E-state index in [0.717, 1.165) is 13.1 Å². The zero-order valence-corrected chi connectivity index (χ0v) is 24.2. The third-order valence-corrected chi connectivity index (χ3v) is 7.76. The van der Waals surface area contributed by atoms with Crippen molar-refractivity contribution in [2.75, 3.05) is 0 Å². The first-order valence-electron chi connectivity index (χ1n) is 16.0. The lowest BCUT2D eigenvalue weighted by molar-refractivity contribution is -0.686. The van der Waals surface area contributed by atoms with Crippen molar-refractivity contribution < 1.29 is 4.57 Å². The van der Waals surface area contributed by atoms with Gasteiger partial charge in [-0.2, -0.15) is 0 Å². The Morgan fingerprint density at radius 2 is 0.972 bits per heavy atom. The summed E-state index contributed by atoms with van der Waals surface area (Å²) >= 11 is 0. The number of rotatable bonds is 24. The van der Waals surface area contributed by atoms with Crippen molar-refractivity contribution in [2.45, 2.75) is 162 Å². The SMILES string of the molecule is CCCCCCCCCCCCCCn1cc[n+](CCCCCCCCCCC)c1-c1ccccc1. The van der Waals surface area contributed by atoms with E-state index < -0.39 is 0 Å². The van der Waals surface area contributed by atoms with Crippen molar-refractivity contribution in [1.82, 2.24) is 4.57 Å². The Bertz CT molecular complexity index is 733. The predicted molar refractivity (Wildman–Crippen MR) is 158 cm³/mol. The van der Waals surface area contributed by atoms with Gasteiger partial charge in [-0.05, 0) is 37.8 Å². The Labute approximate surface area is 224 Å². The number of aryl methyl sites for hydroxylation is 2. The number of hydrogen-bond acceptors (Lipinski definition) is 0. The number of hydrogen-bond donors (Lipinski definition) is 0. The molecule has 0 aliphatic carbocycles. The van der Waals surface area contributed by atoms with Gasteiger partial charge in [0.1, 0.15) is 12.4 Å². The average Bonchev–Trinajstić information content (AvgIpc) is 3.31. The van der Waals surface area contributed by atoms with Crippen molar-refractivity contribution in [3.05, 3.63) is 42.7 Å². The summed E-state index contributed by atoms with van der Waals surface area (Å²) in [5, 5.41) is 0. The largest absolute Gasteiger partial charge is 0.288 e. The Morgan fingerprint density at radius 1 is 0.528 bits per heavy atom. The second kappa shape index (κ2) is 21.5. The van der Waals surface area contributed by atoms with E-state index >= 15 is 0 Å². The van der Waals surface area contributed by atoms with Crippen LogP contribution >= 0.6 is 0 Å². The number of imidazole rings is 1. The third-order valence-electron chi connectivity index (χ3n) is 7.76. The van der Waals surface area contributed by atoms with Crippen LogP contribution in [-0.4, -0.2) is 4.57 Å². The quantitative estimate of drug-likeness (QED) is 0.101. The zero-order valence-electron chi connectivity index (χ0n) is 24.2. The highest BCUT2D eigenvalue weighted by molar-refractivity contribution is 5.52. The first-order chi connectivity index (χ1) is 17.9. The molecule has 0 aliphatic rings. The van der Waals surface area contributed by atoms with Crippen LogP contribution in [0.25, 0.3) is 11.4 Å². The molecule has 2 nitrogen and oxygen atoms in total. The van der Waals surface area contributed by atoms with Gasteiger partial charge in [-0.1, -0.05) is 141 Å². The van der Waals surface area contributed by atoms with E-state index in [2.05, 4.69) is 65.7 Å². The van der Waals surface area contributed by atoms with Crippen LogP contribution in [0, 0.1) is 0 Å². The number of nitrogens with zero attached hydrogens (tertiary/aromatic N) is 2. The van der Waals surface area contributed by atoms with E-state index in [4.69, 9.17) is 0 Å². The molecule has 2 aromatic rings. The molecule has 0 bridgehead atoms. The second-order valence-corrected chi connectivity index (χ2v) is 11.1. The molecule has 0 atom stereocenters. The lowest BCUT2D eigenvalue weighted by atomic mass is 10.1. The van der Waals surface area contributed by atoms with Crippen molar-refractivity contribution in [3.63, 3.8) is 0 Å². The van der Waals surface area contributed by atoms with Crippen LogP contribution in [0.5, 0.6) is 0 Å². The molecule has 36 heavy (non-hydrogen) atoms. The summed E-state index contributed by atoms with van der Waals surface area (Å²) in [7, 11) is 0. The van der Waals surface area contributed by atoms with Gasteiger partial charge in [-0.25, -0.2) is 9.13 Å². The molecule has 0 amide bonds. The summed E-state index contributed by atoms with van der Waals surface area (Å²) in [6.07, 6.45) is 34.1. The molecule has 1 aromatic carbocycles. The van der Waals surface area contributed by atoms with Gasteiger partial charge < -0.3 is 0 Å². The molecule has 0 aliphatic heterocycles. The van der Waals surface area contributed by atoms with E-state index in [1.54, 1.807) is 0 Å². The van der Waals surface area contributed by atoms with Crippen LogP contribution in [0.1, 0.15) is 149 Å². The van der Waals surface area contributed by atoms with Crippen molar-refractivity contribution in [3.8, 4) is 11.4 Å². The summed E-state index contributed by atoms with van der Waals surface area (Å²) in [6, 6.07) is 11.0. The van der Waals surface area contributed by atoms with Crippen LogP contribution in [-0.2, 0) is 13.1 Å². The molecule has 2 heteroatoms. The zero-order chi connectivity index (χ0) is 25.5. The summed E-state index contributed by atoms with van der Waals surface area (Å²) in [5.41, 5.74) is 1.36. The monoisotopic (exact) mass is 495 g/mol. The number of aromatic nitrogens is 2. The summed E-state index contributed by atoms with van der Waals surface area (Å²) in [6.45, 7) is 6.89. The van der Waals surface area contributed by atoms with E-state index in [1.165, 1.54) is 146 Å². The minimum atomic E-state index is 1.14. The minimum Gasteiger partial charge on any atom is -0.230 e. The van der Waals surface area contributed by atoms with Crippen molar-refractivity contribution in [2.24, 2.45) is 0 Å². The van der Waals surface area contributed by atoms with E-state index in [9.17, 15) is 0 Å². The van der Waals surface area contributed by atoms with E-state index in [1.807, 2.05) is 0 Å². The van der Waals surface area contributed by atoms with Gasteiger partial charge in [0.25, 0.3) is 5.82 Å². The van der Waals surface area contributed by atoms with Crippen LogP contribution in [0.3, 0.4) is 0 Å². The molecule has 0 spiro atoms. The van der Waals surface area contributed by atoms with Gasteiger partial charge in [-0.15, -0.1) is 0 Å². The Morgan fingerprint density at radius 3 is 1.47 bits per heavy atom. The molecule has 2 rings (SSSR count). The van der Waals surface area contributed by atoms with Crippen LogP contribution < -0.4 is 4.57 Å². The summed E-state index contributed by atoms with van der Waals surface area (Å²) in [4.78, 5) is 0. The van der Waals surface area contributed by atoms with Gasteiger partial charge >= 0.3 is 0 Å². The molecular weight excluding hydrogens is 436 g/mol. The molecule has 204 valence electrons. The second-order valence-electron chi connectivity index (χ2n) is 11.1. The molecule has 0 fully saturated rings.